The molecule has 0 spiro atoms. The third-order valence-electron chi connectivity index (χ3n) is 5.43. The SMILES string of the molecule is Cc1cccc2c(=O)n(CCCC(=O)N[C@H](C)c3ccc(-n4ccnc4)cc3)cnc12. The van der Waals surface area contributed by atoms with Crippen LogP contribution in [0, 0.1) is 6.92 Å². The smallest absolute Gasteiger partial charge is 0.261 e. The van der Waals surface area contributed by atoms with E-state index in [1.165, 1.54) is 0 Å². The van der Waals surface area contributed by atoms with Gasteiger partial charge in [-0.15, -0.1) is 0 Å². The Hall–Kier alpha value is -3.74. The third kappa shape index (κ3) is 4.55. The number of benzene rings is 2. The Labute approximate surface area is 180 Å². The molecule has 0 aliphatic rings. The molecule has 0 saturated carbocycles. The normalized spacial score (nSPS) is 12.1. The monoisotopic (exact) mass is 415 g/mol. The van der Waals surface area contributed by atoms with Crippen LogP contribution in [0.2, 0.25) is 0 Å². The second kappa shape index (κ2) is 8.95. The summed E-state index contributed by atoms with van der Waals surface area (Å²) in [5.74, 6) is -0.0381. The molecule has 2 aromatic carbocycles. The molecule has 0 radical (unpaired) electrons. The van der Waals surface area contributed by atoms with Gasteiger partial charge in [0.15, 0.2) is 0 Å². The number of imidazole rings is 1. The van der Waals surface area contributed by atoms with E-state index in [2.05, 4.69) is 15.3 Å². The van der Waals surface area contributed by atoms with E-state index in [-0.39, 0.29) is 17.5 Å². The molecule has 4 aromatic rings. The van der Waals surface area contributed by atoms with Crippen molar-refractivity contribution in [2.24, 2.45) is 0 Å². The molecule has 2 heterocycles. The standard InChI is InChI=1S/C24H25N5O2/c1-17-5-3-6-21-23(17)26-16-29(24(21)31)13-4-7-22(30)27-18(2)19-8-10-20(11-9-19)28-14-12-25-15-28/h3,5-6,8-12,14-16,18H,4,7,13H2,1-2H3,(H,27,30)/t18-/m1/s1. The Balaban J connectivity index is 1.32. The molecule has 7 heteroatoms. The minimum Gasteiger partial charge on any atom is -0.350 e. The molecule has 7 nitrogen and oxygen atoms in total. The second-order valence-corrected chi connectivity index (χ2v) is 7.67. The molecule has 158 valence electrons. The topological polar surface area (TPSA) is 81.8 Å². The first-order chi connectivity index (χ1) is 15.0. The summed E-state index contributed by atoms with van der Waals surface area (Å²) in [6.07, 6.45) is 7.85. The Morgan fingerprint density at radius 2 is 1.94 bits per heavy atom. The van der Waals surface area contributed by atoms with Crippen LogP contribution < -0.4 is 10.9 Å². The molecule has 0 saturated heterocycles. The molecule has 1 atom stereocenters. The first-order valence-electron chi connectivity index (χ1n) is 10.4. The summed E-state index contributed by atoms with van der Waals surface area (Å²) < 4.78 is 3.51. The molecule has 1 N–H and O–H groups in total. The molecule has 0 aliphatic carbocycles. The van der Waals surface area contributed by atoms with Gasteiger partial charge in [-0.2, -0.15) is 0 Å². The molecule has 0 bridgehead atoms. The number of fused-ring (bicyclic) bond motifs is 1. The average molecular weight is 415 g/mol. The summed E-state index contributed by atoms with van der Waals surface area (Å²) in [6.45, 7) is 4.36. The largest absolute Gasteiger partial charge is 0.350 e. The molecule has 31 heavy (non-hydrogen) atoms. The van der Waals surface area contributed by atoms with E-state index in [0.29, 0.717) is 24.8 Å². The summed E-state index contributed by atoms with van der Waals surface area (Å²) >= 11 is 0. The van der Waals surface area contributed by atoms with Crippen LogP contribution in [0.4, 0.5) is 0 Å². The van der Waals surface area contributed by atoms with Crippen LogP contribution in [-0.2, 0) is 11.3 Å². The average Bonchev–Trinajstić information content (AvgIpc) is 3.31. The van der Waals surface area contributed by atoms with Crippen LogP contribution in [0.25, 0.3) is 16.6 Å². The maximum absolute atomic E-state index is 12.6. The number of nitrogens with zero attached hydrogens (tertiary/aromatic N) is 4. The number of rotatable bonds is 7. The number of hydrogen-bond acceptors (Lipinski definition) is 4. The number of amides is 1. The lowest BCUT2D eigenvalue weighted by molar-refractivity contribution is -0.121. The van der Waals surface area contributed by atoms with Crippen molar-refractivity contribution in [1.29, 1.82) is 0 Å². The van der Waals surface area contributed by atoms with E-state index in [1.807, 2.05) is 61.0 Å². The van der Waals surface area contributed by atoms with E-state index in [9.17, 15) is 9.59 Å². The van der Waals surface area contributed by atoms with Gasteiger partial charge < -0.3 is 9.88 Å². The summed E-state index contributed by atoms with van der Waals surface area (Å²) in [6, 6.07) is 13.5. The van der Waals surface area contributed by atoms with Crippen molar-refractivity contribution in [3.63, 3.8) is 0 Å². The second-order valence-electron chi connectivity index (χ2n) is 7.67. The summed E-state index contributed by atoms with van der Waals surface area (Å²) in [5, 5.41) is 3.64. The fourth-order valence-electron chi connectivity index (χ4n) is 3.65. The van der Waals surface area contributed by atoms with Gasteiger partial charge in [-0.05, 0) is 49.6 Å². The number of nitrogens with one attached hydrogen (secondary N) is 1. The van der Waals surface area contributed by atoms with Gasteiger partial charge in [0.05, 0.1) is 29.6 Å². The fourth-order valence-corrected chi connectivity index (χ4v) is 3.65. The van der Waals surface area contributed by atoms with Crippen LogP contribution >= 0.6 is 0 Å². The summed E-state index contributed by atoms with van der Waals surface area (Å²) in [4.78, 5) is 33.5. The lowest BCUT2D eigenvalue weighted by atomic mass is 10.1. The van der Waals surface area contributed by atoms with Crippen molar-refractivity contribution >= 4 is 16.8 Å². The van der Waals surface area contributed by atoms with E-state index in [1.54, 1.807) is 29.5 Å². The minimum atomic E-state index is -0.0997. The van der Waals surface area contributed by atoms with Crippen molar-refractivity contribution in [3.05, 3.63) is 89.0 Å². The summed E-state index contributed by atoms with van der Waals surface area (Å²) in [7, 11) is 0. The molecule has 4 rings (SSSR count). The van der Waals surface area contributed by atoms with Crippen molar-refractivity contribution in [1.82, 2.24) is 24.4 Å². The molecule has 2 aromatic heterocycles. The van der Waals surface area contributed by atoms with Gasteiger partial charge in [0, 0.05) is 31.0 Å². The van der Waals surface area contributed by atoms with Crippen LogP contribution in [0.3, 0.4) is 0 Å². The highest BCUT2D eigenvalue weighted by molar-refractivity contribution is 5.80. The maximum atomic E-state index is 12.6. The molecular weight excluding hydrogens is 390 g/mol. The molecular formula is C24H25N5O2. The van der Waals surface area contributed by atoms with Crippen molar-refractivity contribution < 1.29 is 4.79 Å². The summed E-state index contributed by atoms with van der Waals surface area (Å²) in [5.41, 5.74) is 3.69. The Morgan fingerprint density at radius 3 is 2.68 bits per heavy atom. The zero-order chi connectivity index (χ0) is 21.8. The van der Waals surface area contributed by atoms with Crippen LogP contribution in [-0.4, -0.2) is 25.0 Å². The molecule has 0 fully saturated rings. The van der Waals surface area contributed by atoms with Gasteiger partial charge >= 0.3 is 0 Å². The molecule has 0 unspecified atom stereocenters. The predicted octanol–water partition coefficient (Wildman–Crippen LogP) is 3.55. The van der Waals surface area contributed by atoms with Gasteiger partial charge in [-0.1, -0.05) is 24.3 Å². The van der Waals surface area contributed by atoms with Gasteiger partial charge in [0.25, 0.3) is 5.56 Å². The van der Waals surface area contributed by atoms with E-state index >= 15 is 0 Å². The zero-order valence-electron chi connectivity index (χ0n) is 17.7. The Bertz CT molecular complexity index is 1240. The van der Waals surface area contributed by atoms with E-state index < -0.39 is 0 Å². The van der Waals surface area contributed by atoms with Crippen LogP contribution in [0.1, 0.15) is 36.9 Å². The van der Waals surface area contributed by atoms with Crippen molar-refractivity contribution in [3.8, 4) is 5.69 Å². The number of aryl methyl sites for hydroxylation is 2. The maximum Gasteiger partial charge on any atom is 0.261 e. The van der Waals surface area contributed by atoms with E-state index in [4.69, 9.17) is 0 Å². The lowest BCUT2D eigenvalue weighted by Crippen LogP contribution is -2.27. The van der Waals surface area contributed by atoms with Gasteiger partial charge in [-0.25, -0.2) is 9.97 Å². The zero-order valence-corrected chi connectivity index (χ0v) is 17.7. The van der Waals surface area contributed by atoms with E-state index in [0.717, 1.165) is 22.3 Å². The highest BCUT2D eigenvalue weighted by atomic mass is 16.1. The molecule has 1 amide bonds. The number of aromatic nitrogens is 4. The van der Waals surface area contributed by atoms with Crippen LogP contribution in [0.15, 0.2) is 72.3 Å². The minimum absolute atomic E-state index is 0.0381. The number of carbonyl (C=O) groups is 1. The van der Waals surface area contributed by atoms with Crippen molar-refractivity contribution in [2.75, 3.05) is 0 Å². The number of hydrogen-bond donors (Lipinski definition) is 1. The fraction of sp³-hybridized carbons (Fsp3) is 0.250. The number of para-hydroxylation sites is 1. The highest BCUT2D eigenvalue weighted by Crippen LogP contribution is 2.16. The van der Waals surface area contributed by atoms with Gasteiger partial charge in [0.2, 0.25) is 5.91 Å². The third-order valence-corrected chi connectivity index (χ3v) is 5.43. The van der Waals surface area contributed by atoms with Crippen molar-refractivity contribution in [2.45, 2.75) is 39.3 Å². The quantitative estimate of drug-likeness (QED) is 0.500. The lowest BCUT2D eigenvalue weighted by Gasteiger charge is -2.15. The first-order valence-corrected chi connectivity index (χ1v) is 10.4. The number of carbonyl (C=O) groups excluding carboxylic acids is 1. The Kier molecular flexibility index (Phi) is 5.93. The van der Waals surface area contributed by atoms with Gasteiger partial charge in [-0.3, -0.25) is 14.2 Å². The first kappa shape index (κ1) is 20.5. The predicted molar refractivity (Wildman–Crippen MR) is 120 cm³/mol. The molecule has 0 aliphatic heterocycles. The Morgan fingerprint density at radius 1 is 1.13 bits per heavy atom. The van der Waals surface area contributed by atoms with Crippen LogP contribution in [0.5, 0.6) is 0 Å². The highest BCUT2D eigenvalue weighted by Gasteiger charge is 2.11. The van der Waals surface area contributed by atoms with Gasteiger partial charge in [0.1, 0.15) is 0 Å².